The van der Waals surface area contributed by atoms with E-state index in [4.69, 9.17) is 5.11 Å². The van der Waals surface area contributed by atoms with Gasteiger partial charge in [-0.05, 0) is 6.92 Å². The van der Waals surface area contributed by atoms with Crippen molar-refractivity contribution in [1.82, 2.24) is 0 Å². The van der Waals surface area contributed by atoms with E-state index in [-0.39, 0.29) is 14.0 Å². The predicted octanol–water partition coefficient (Wildman–Crippen LogP) is 2.05. The van der Waals surface area contributed by atoms with Gasteiger partial charge >= 0.3 is 0 Å². The predicted molar refractivity (Wildman–Crippen MR) is 35.5 cm³/mol. The highest BCUT2D eigenvalue weighted by Crippen LogP contribution is 1.56. The third-order valence-electron chi connectivity index (χ3n) is 0. The van der Waals surface area contributed by atoms with Crippen LogP contribution in [0.4, 0.5) is 0 Å². The second kappa shape index (κ2) is 38.2. The van der Waals surface area contributed by atoms with E-state index >= 15 is 0 Å². The first kappa shape index (κ1) is 15.8. The quantitative estimate of drug-likeness (QED) is 0.501. The van der Waals surface area contributed by atoms with E-state index in [1.54, 1.807) is 6.92 Å². The topological polar surface area (TPSA) is 20.2 Å². The maximum Gasteiger partial charge on any atom is 0.0402 e. The molecule has 7 heavy (non-hydrogen) atoms. The molecule has 0 spiro atoms. The molecule has 0 aromatic carbocycles. The van der Waals surface area contributed by atoms with Crippen LogP contribution in [0.25, 0.3) is 0 Å². The van der Waals surface area contributed by atoms with Crippen LogP contribution in [0.5, 0.6) is 0 Å². The largest absolute Gasteiger partial charge is 0.397 e. The average molecular weight is 106 g/mol. The third-order valence-corrected chi connectivity index (χ3v) is 0. The summed E-state index contributed by atoms with van der Waals surface area (Å²) in [5.74, 6) is 0. The van der Waals surface area contributed by atoms with E-state index in [1.165, 1.54) is 6.42 Å². The summed E-state index contributed by atoms with van der Waals surface area (Å²) in [7, 11) is 0. The summed E-state index contributed by atoms with van der Waals surface area (Å²) in [6.07, 6.45) is 1.25. The van der Waals surface area contributed by atoms with Gasteiger partial charge < -0.3 is 5.11 Å². The Labute approximate surface area is 47.4 Å². The molecule has 0 aliphatic rings. The second-order valence-corrected chi connectivity index (χ2v) is 1.02. The van der Waals surface area contributed by atoms with E-state index in [9.17, 15) is 0 Å². The number of aliphatic hydroxyl groups is 1. The number of rotatable bonds is 0. The highest BCUT2D eigenvalue weighted by atomic mass is 16.2. The van der Waals surface area contributed by atoms with Gasteiger partial charge in [-0.3, -0.25) is 0 Å². The molecular formula is C6H18O. The molecule has 0 heterocycles. The molecule has 0 saturated heterocycles. The molecule has 48 valence electrons. The lowest BCUT2D eigenvalue weighted by Gasteiger charge is -1.52. The Bertz CT molecular complexity index is 6.14. The Hall–Kier alpha value is -0.0400. The summed E-state index contributed by atoms with van der Waals surface area (Å²) < 4.78 is 0. The highest BCUT2D eigenvalue weighted by molar-refractivity contribution is 3.92. The van der Waals surface area contributed by atoms with Crippen LogP contribution in [0.15, 0.2) is 0 Å². The van der Waals surface area contributed by atoms with Gasteiger partial charge in [0.15, 0.2) is 0 Å². The Morgan fingerprint density at radius 1 is 1.14 bits per heavy atom. The standard InChI is InChI=1S/C3H8.C2H6O.CH4/c1-3-2;1-2-3;/h3H2,1-2H3;3H,2H2,1H3;1H4. The van der Waals surface area contributed by atoms with Crippen molar-refractivity contribution in [2.24, 2.45) is 0 Å². The number of hydrogen-bond donors (Lipinski definition) is 1. The molecule has 0 fully saturated rings. The zero-order valence-corrected chi connectivity index (χ0v) is 4.86. The Morgan fingerprint density at radius 2 is 1.14 bits per heavy atom. The lowest BCUT2D eigenvalue weighted by molar-refractivity contribution is 0.318. The van der Waals surface area contributed by atoms with Crippen LogP contribution in [-0.2, 0) is 0 Å². The average Bonchev–Trinajstić information content (AvgIpc) is 1.39. The SMILES string of the molecule is C.CCC.CCO. The van der Waals surface area contributed by atoms with Crippen LogP contribution in [0.3, 0.4) is 0 Å². The van der Waals surface area contributed by atoms with Gasteiger partial charge in [0.1, 0.15) is 0 Å². The molecule has 0 aromatic heterocycles. The molecule has 1 N–H and O–H groups in total. The van der Waals surface area contributed by atoms with Gasteiger partial charge in [-0.25, -0.2) is 0 Å². The zero-order chi connectivity index (χ0) is 5.41. The fraction of sp³-hybridized carbons (Fsp3) is 1.00. The number of hydrogen-bond acceptors (Lipinski definition) is 1. The molecule has 0 unspecified atom stereocenters. The van der Waals surface area contributed by atoms with Crippen LogP contribution in [0.2, 0.25) is 0 Å². The first-order valence-electron chi connectivity index (χ1n) is 2.44. The molecule has 0 rings (SSSR count). The van der Waals surface area contributed by atoms with Crippen molar-refractivity contribution in [3.8, 4) is 0 Å². The molecule has 0 atom stereocenters. The molecule has 0 aliphatic heterocycles. The van der Waals surface area contributed by atoms with Crippen LogP contribution in [0.1, 0.15) is 34.6 Å². The van der Waals surface area contributed by atoms with E-state index < -0.39 is 0 Å². The molecule has 0 saturated carbocycles. The van der Waals surface area contributed by atoms with Gasteiger partial charge in [-0.2, -0.15) is 0 Å². The first-order chi connectivity index (χ1) is 2.83. The smallest absolute Gasteiger partial charge is 0.0402 e. The fourth-order valence-electron chi connectivity index (χ4n) is 0. The second-order valence-electron chi connectivity index (χ2n) is 1.02. The zero-order valence-electron chi connectivity index (χ0n) is 4.86. The molecular weight excluding hydrogens is 88.1 g/mol. The maximum atomic E-state index is 7.57. The Balaban J connectivity index is -0.0000000400. The molecule has 0 radical (unpaired) electrons. The van der Waals surface area contributed by atoms with Gasteiger partial charge in [0.25, 0.3) is 0 Å². The summed E-state index contributed by atoms with van der Waals surface area (Å²) >= 11 is 0. The lowest BCUT2D eigenvalue weighted by Crippen LogP contribution is -1.57. The summed E-state index contributed by atoms with van der Waals surface area (Å²) in [4.78, 5) is 0. The monoisotopic (exact) mass is 106 g/mol. The fourth-order valence-corrected chi connectivity index (χ4v) is 0. The minimum atomic E-state index is 0. The molecule has 0 aromatic rings. The van der Waals surface area contributed by atoms with Gasteiger partial charge in [0, 0.05) is 6.61 Å². The summed E-state index contributed by atoms with van der Waals surface area (Å²) in [5.41, 5.74) is 0. The van der Waals surface area contributed by atoms with Crippen molar-refractivity contribution < 1.29 is 5.11 Å². The van der Waals surface area contributed by atoms with Crippen molar-refractivity contribution in [1.29, 1.82) is 0 Å². The molecule has 1 heteroatoms. The highest BCUT2D eigenvalue weighted by Gasteiger charge is 1.35. The summed E-state index contributed by atoms with van der Waals surface area (Å²) in [6.45, 7) is 6.18. The van der Waals surface area contributed by atoms with Crippen LogP contribution in [0, 0.1) is 0 Å². The van der Waals surface area contributed by atoms with E-state index in [0.717, 1.165) is 0 Å². The molecule has 1 nitrogen and oxygen atoms in total. The lowest BCUT2D eigenvalue weighted by atomic mass is 10.6. The third kappa shape index (κ3) is 58400. The van der Waals surface area contributed by atoms with Gasteiger partial charge in [0.05, 0.1) is 0 Å². The molecule has 0 bridgehead atoms. The molecule has 0 amide bonds. The maximum absolute atomic E-state index is 7.57. The van der Waals surface area contributed by atoms with Gasteiger partial charge in [0.2, 0.25) is 0 Å². The van der Waals surface area contributed by atoms with E-state index in [0.29, 0.717) is 0 Å². The van der Waals surface area contributed by atoms with Crippen LogP contribution in [-0.4, -0.2) is 11.7 Å². The van der Waals surface area contributed by atoms with Gasteiger partial charge in [-0.1, -0.05) is 27.7 Å². The van der Waals surface area contributed by atoms with Crippen molar-refractivity contribution in [2.75, 3.05) is 6.61 Å². The normalized spacial score (nSPS) is 5.14. The van der Waals surface area contributed by atoms with Gasteiger partial charge in [-0.15, -0.1) is 0 Å². The summed E-state index contributed by atoms with van der Waals surface area (Å²) in [6, 6.07) is 0. The van der Waals surface area contributed by atoms with E-state index in [2.05, 4.69) is 13.8 Å². The molecule has 0 aliphatic carbocycles. The Kier molecular flexibility index (Phi) is 86.0. The summed E-state index contributed by atoms with van der Waals surface area (Å²) in [5, 5.41) is 7.57. The minimum Gasteiger partial charge on any atom is -0.397 e. The van der Waals surface area contributed by atoms with Crippen molar-refractivity contribution in [2.45, 2.75) is 34.6 Å². The number of aliphatic hydroxyl groups excluding tert-OH is 1. The van der Waals surface area contributed by atoms with Crippen LogP contribution >= 0.6 is 0 Å². The Morgan fingerprint density at radius 3 is 1.14 bits per heavy atom. The minimum absolute atomic E-state index is 0. The first-order valence-corrected chi connectivity index (χ1v) is 2.44. The van der Waals surface area contributed by atoms with Crippen LogP contribution < -0.4 is 0 Å². The van der Waals surface area contributed by atoms with E-state index in [1.807, 2.05) is 0 Å². The van der Waals surface area contributed by atoms with Crippen molar-refractivity contribution >= 4 is 0 Å². The van der Waals surface area contributed by atoms with Crippen molar-refractivity contribution in [3.05, 3.63) is 0 Å². The van der Waals surface area contributed by atoms with Crippen molar-refractivity contribution in [3.63, 3.8) is 0 Å².